The molecule has 0 N–H and O–H groups in total. The monoisotopic (exact) mass is 283 g/mol. The number of aromatic nitrogens is 1. The van der Waals surface area contributed by atoms with E-state index in [1.165, 1.54) is 12.1 Å². The van der Waals surface area contributed by atoms with Crippen molar-refractivity contribution in [1.29, 1.82) is 5.26 Å². The van der Waals surface area contributed by atoms with E-state index in [1.54, 1.807) is 32.9 Å². The lowest BCUT2D eigenvalue weighted by Crippen LogP contribution is -1.97. The first-order valence-electron chi connectivity index (χ1n) is 6.23. The summed E-state index contributed by atoms with van der Waals surface area (Å²) in [7, 11) is 0. The van der Waals surface area contributed by atoms with E-state index < -0.39 is 4.92 Å². The molecule has 1 aromatic carbocycles. The Hall–Kier alpha value is -2.94. The Bertz CT molecular complexity index is 763. The number of ether oxygens (including phenoxy) is 1. The maximum Gasteiger partial charge on any atom is 0.272 e. The van der Waals surface area contributed by atoms with Crippen LogP contribution < -0.4 is 4.74 Å². The van der Waals surface area contributed by atoms with Crippen LogP contribution in [0.5, 0.6) is 11.6 Å². The van der Waals surface area contributed by atoms with Gasteiger partial charge in [0, 0.05) is 23.4 Å². The van der Waals surface area contributed by atoms with E-state index in [9.17, 15) is 10.1 Å². The molecule has 0 amide bonds. The SMILES string of the molecule is Cc1cc(C#N)cc(Oc2cc(C)c([N+](=O)[O-])cc2C)n1. The van der Waals surface area contributed by atoms with Crippen molar-refractivity contribution in [3.05, 3.63) is 56.8 Å². The normalized spacial score (nSPS) is 10.0. The van der Waals surface area contributed by atoms with Crippen LogP contribution >= 0.6 is 0 Å². The van der Waals surface area contributed by atoms with Gasteiger partial charge < -0.3 is 4.74 Å². The van der Waals surface area contributed by atoms with E-state index >= 15 is 0 Å². The highest BCUT2D eigenvalue weighted by Gasteiger charge is 2.15. The van der Waals surface area contributed by atoms with Crippen LogP contribution in [0.15, 0.2) is 24.3 Å². The van der Waals surface area contributed by atoms with Gasteiger partial charge in [-0.15, -0.1) is 0 Å². The number of benzene rings is 1. The molecular weight excluding hydrogens is 270 g/mol. The van der Waals surface area contributed by atoms with Crippen LogP contribution in [0, 0.1) is 42.2 Å². The van der Waals surface area contributed by atoms with Gasteiger partial charge in [0.05, 0.1) is 16.6 Å². The number of hydrogen-bond acceptors (Lipinski definition) is 5. The summed E-state index contributed by atoms with van der Waals surface area (Å²) < 4.78 is 5.66. The molecule has 1 aromatic heterocycles. The Kier molecular flexibility index (Phi) is 3.85. The fourth-order valence-electron chi connectivity index (χ4n) is 1.95. The van der Waals surface area contributed by atoms with E-state index in [1.807, 2.05) is 6.07 Å². The van der Waals surface area contributed by atoms with Gasteiger partial charge in [-0.3, -0.25) is 10.1 Å². The van der Waals surface area contributed by atoms with Crippen LogP contribution in [-0.2, 0) is 0 Å². The minimum absolute atomic E-state index is 0.0507. The van der Waals surface area contributed by atoms with Crippen LogP contribution in [-0.4, -0.2) is 9.91 Å². The van der Waals surface area contributed by atoms with E-state index in [4.69, 9.17) is 10.00 Å². The van der Waals surface area contributed by atoms with Crippen molar-refractivity contribution in [2.24, 2.45) is 0 Å². The van der Waals surface area contributed by atoms with Gasteiger partial charge in [0.2, 0.25) is 5.88 Å². The number of hydrogen-bond donors (Lipinski definition) is 0. The summed E-state index contributed by atoms with van der Waals surface area (Å²) in [6.45, 7) is 5.14. The molecule has 0 bridgehead atoms. The van der Waals surface area contributed by atoms with Crippen LogP contribution in [0.2, 0.25) is 0 Å². The van der Waals surface area contributed by atoms with Gasteiger partial charge in [-0.1, -0.05) is 0 Å². The van der Waals surface area contributed by atoms with Gasteiger partial charge in [0.15, 0.2) is 0 Å². The number of nitro groups is 1. The maximum absolute atomic E-state index is 10.9. The lowest BCUT2D eigenvalue weighted by atomic mass is 10.1. The fourth-order valence-corrected chi connectivity index (χ4v) is 1.95. The average molecular weight is 283 g/mol. The predicted molar refractivity (Wildman–Crippen MR) is 76.3 cm³/mol. The largest absolute Gasteiger partial charge is 0.439 e. The smallest absolute Gasteiger partial charge is 0.272 e. The quantitative estimate of drug-likeness (QED) is 0.634. The van der Waals surface area contributed by atoms with Gasteiger partial charge in [-0.2, -0.15) is 5.26 Å². The topological polar surface area (TPSA) is 89.0 Å². The Balaban J connectivity index is 2.41. The van der Waals surface area contributed by atoms with Crippen LogP contribution in [0.25, 0.3) is 0 Å². The molecule has 0 aliphatic carbocycles. The summed E-state index contributed by atoms with van der Waals surface area (Å²) in [5.41, 5.74) is 2.31. The molecule has 6 heteroatoms. The fraction of sp³-hybridized carbons (Fsp3) is 0.200. The first-order chi connectivity index (χ1) is 9.90. The lowest BCUT2D eigenvalue weighted by molar-refractivity contribution is -0.385. The zero-order chi connectivity index (χ0) is 15.6. The number of rotatable bonds is 3. The van der Waals surface area contributed by atoms with Crippen molar-refractivity contribution in [2.45, 2.75) is 20.8 Å². The molecule has 0 aliphatic heterocycles. The molecular formula is C15H13N3O3. The van der Waals surface area contributed by atoms with Crippen molar-refractivity contribution < 1.29 is 9.66 Å². The second-order valence-electron chi connectivity index (χ2n) is 4.71. The maximum atomic E-state index is 10.9. The number of pyridine rings is 1. The molecule has 0 spiro atoms. The second kappa shape index (κ2) is 5.59. The Morgan fingerprint density at radius 1 is 1.19 bits per heavy atom. The molecule has 0 unspecified atom stereocenters. The molecule has 0 saturated carbocycles. The zero-order valence-electron chi connectivity index (χ0n) is 11.9. The van der Waals surface area contributed by atoms with E-state index in [2.05, 4.69) is 4.98 Å². The minimum Gasteiger partial charge on any atom is -0.439 e. The molecule has 0 radical (unpaired) electrons. The van der Waals surface area contributed by atoms with Gasteiger partial charge in [0.25, 0.3) is 5.69 Å². The summed E-state index contributed by atoms with van der Waals surface area (Å²) in [5.74, 6) is 0.781. The third-order valence-electron chi connectivity index (χ3n) is 2.96. The number of nitro benzene ring substituents is 1. The highest BCUT2D eigenvalue weighted by Crippen LogP contribution is 2.30. The van der Waals surface area contributed by atoms with E-state index in [-0.39, 0.29) is 5.69 Å². The van der Waals surface area contributed by atoms with Crippen molar-refractivity contribution in [3.8, 4) is 17.7 Å². The highest BCUT2D eigenvalue weighted by molar-refractivity contribution is 5.50. The third kappa shape index (κ3) is 3.15. The Labute approximate surface area is 121 Å². The average Bonchev–Trinajstić information content (AvgIpc) is 2.41. The first kappa shape index (κ1) is 14.5. The summed E-state index contributed by atoms with van der Waals surface area (Å²) >= 11 is 0. The Morgan fingerprint density at radius 2 is 1.90 bits per heavy atom. The zero-order valence-corrected chi connectivity index (χ0v) is 11.9. The highest BCUT2D eigenvalue weighted by atomic mass is 16.6. The molecule has 1 heterocycles. The van der Waals surface area contributed by atoms with E-state index in [0.29, 0.717) is 34.0 Å². The first-order valence-corrected chi connectivity index (χ1v) is 6.23. The predicted octanol–water partition coefficient (Wildman–Crippen LogP) is 3.58. The van der Waals surface area contributed by atoms with Gasteiger partial charge >= 0.3 is 0 Å². The van der Waals surface area contributed by atoms with Crippen molar-refractivity contribution in [2.75, 3.05) is 0 Å². The summed E-state index contributed by atoms with van der Waals surface area (Å²) in [6.07, 6.45) is 0. The molecule has 106 valence electrons. The summed E-state index contributed by atoms with van der Waals surface area (Å²) in [4.78, 5) is 14.7. The standard InChI is InChI=1S/C15H13N3O3/c1-9-5-14(10(2)4-13(9)18(19)20)21-15-7-12(8-16)6-11(3)17-15/h4-7H,1-3H3. The van der Waals surface area contributed by atoms with Crippen molar-refractivity contribution >= 4 is 5.69 Å². The van der Waals surface area contributed by atoms with Crippen LogP contribution in [0.1, 0.15) is 22.4 Å². The van der Waals surface area contributed by atoms with Crippen molar-refractivity contribution in [3.63, 3.8) is 0 Å². The molecule has 2 aromatic rings. The molecule has 2 rings (SSSR count). The van der Waals surface area contributed by atoms with E-state index in [0.717, 1.165) is 0 Å². The molecule has 0 atom stereocenters. The second-order valence-corrected chi connectivity index (χ2v) is 4.71. The van der Waals surface area contributed by atoms with Gasteiger partial charge in [-0.05, 0) is 38.5 Å². The molecule has 6 nitrogen and oxygen atoms in total. The molecule has 0 saturated heterocycles. The summed E-state index contributed by atoms with van der Waals surface area (Å²) in [6, 6.07) is 8.28. The van der Waals surface area contributed by atoms with Gasteiger partial charge in [0.1, 0.15) is 5.75 Å². The molecule has 0 aliphatic rings. The third-order valence-corrected chi connectivity index (χ3v) is 2.96. The summed E-state index contributed by atoms with van der Waals surface area (Å²) in [5, 5.41) is 19.8. The van der Waals surface area contributed by atoms with Crippen LogP contribution in [0.3, 0.4) is 0 Å². The number of nitrogens with zero attached hydrogens (tertiary/aromatic N) is 3. The molecule has 0 fully saturated rings. The Morgan fingerprint density at radius 3 is 2.52 bits per heavy atom. The van der Waals surface area contributed by atoms with Crippen LogP contribution in [0.4, 0.5) is 5.69 Å². The minimum atomic E-state index is -0.426. The molecule has 21 heavy (non-hydrogen) atoms. The lowest BCUT2D eigenvalue weighted by Gasteiger charge is -2.10. The number of aryl methyl sites for hydroxylation is 3. The van der Waals surface area contributed by atoms with Gasteiger partial charge in [-0.25, -0.2) is 4.98 Å². The van der Waals surface area contributed by atoms with Crippen molar-refractivity contribution in [1.82, 2.24) is 4.98 Å². The number of nitriles is 1.